The summed E-state index contributed by atoms with van der Waals surface area (Å²) >= 11 is 58.7. The summed E-state index contributed by atoms with van der Waals surface area (Å²) in [6, 6.07) is 37.1. The van der Waals surface area contributed by atoms with Gasteiger partial charge in [-0.1, -0.05) is 142 Å². The zero-order chi connectivity index (χ0) is 93.8. The molecule has 28 nitrogen and oxygen atoms in total. The number of nitrogens with two attached hydrogens (primary N) is 1. The first-order valence-electron chi connectivity index (χ1n) is 38.6. The molecule has 0 bridgehead atoms. The second kappa shape index (κ2) is 42.5. The van der Waals surface area contributed by atoms with E-state index in [0.29, 0.717) is 210 Å². The standard InChI is InChI=1S/C28H25Cl2N3O4.C24H20Cl2N4O5.C24H22Cl2N4O3.C17H13Cl3N2O3.H2/c1-6-18(34)10-16-9-7-8-15(2)27(16)33-28-31-14-17-11-19(21(35-3)12-20(17)32-28)24-25(29)22(36-4)13-23(37-5)26(24)30;1-12-6-5-7-16(30(31)32)23(12)29-24-27-11-13-8-14(17(33-2)9-15(13)28-24)20-21(25)18(34-3)10-19(35-4)22(20)26;1-12-6-5-7-15(27)23(12)30-24-28-11-13-8-14(17(31-2)9-16(13)29-24)20-21(25)18(32-3)10-19(33-4)22(20)26;1-23-11-5-10-8(7-21-17(20)22-10)4-9(11)14-15(18)12(24-2)6-13(25-3)16(14)19;/h6-9,11-14H,1,10H2,2-5H3,(H,31,32,33);5-11H,1-4H3,(H,27,28,29);5-11H,27H2,1-4H3,(H,28,29,30);4-7H,1-3H3;1H. The van der Waals surface area contributed by atoms with Crippen molar-refractivity contribution >= 4 is 200 Å². The number of aromatic nitrogens is 8. The Morgan fingerprint density at radius 1 is 0.377 bits per heavy atom. The molecule has 0 unspecified atom stereocenters. The highest BCUT2D eigenvalue weighted by Crippen LogP contribution is 2.55. The number of anilines is 7. The number of hydrogen-bond donors (Lipinski definition) is 4. The maximum Gasteiger partial charge on any atom is 0.293 e. The van der Waals surface area contributed by atoms with Gasteiger partial charge in [0.2, 0.25) is 23.1 Å². The monoisotopic (exact) mass is 1940 g/mol. The number of ether oxygens (including phenoxy) is 12. The summed E-state index contributed by atoms with van der Waals surface area (Å²) in [5, 5.41) is 26.6. The SMILES string of the molecule is C=CC(=O)Cc1cccc(C)c1Nc1ncc2cc(-c3c(Cl)c(OC)cc(OC)c3Cl)c(OC)cc2n1.COc1cc2nc(Cl)ncc2cc1-c1c(Cl)c(OC)cc(OC)c1Cl.COc1cc2nc(Nc3c(C)cccc3N)ncc2cc1-c1c(Cl)c(OC)cc(OC)c1Cl.COc1cc2nc(Nc3c(C)cccc3[N+](=O)[O-])ncc2cc1-c1c(Cl)c(OC)cc(OC)c1Cl.[HH]. The number of nitrogen functional groups attached to an aromatic ring is 1. The molecule has 130 heavy (non-hydrogen) atoms. The highest BCUT2D eigenvalue weighted by atomic mass is 35.5. The molecule has 4 aromatic heterocycles. The van der Waals surface area contributed by atoms with Crippen LogP contribution in [0, 0.1) is 30.9 Å². The minimum Gasteiger partial charge on any atom is -0.496 e. The van der Waals surface area contributed by atoms with Crippen LogP contribution >= 0.6 is 104 Å². The van der Waals surface area contributed by atoms with Crippen molar-refractivity contribution in [2.75, 3.05) is 107 Å². The van der Waals surface area contributed by atoms with E-state index in [1.54, 1.807) is 120 Å². The van der Waals surface area contributed by atoms with Gasteiger partial charge in [0.25, 0.3) is 5.69 Å². The molecule has 0 amide bonds. The molecule has 0 aliphatic heterocycles. The van der Waals surface area contributed by atoms with Crippen LogP contribution in [0.5, 0.6) is 69.0 Å². The lowest BCUT2D eigenvalue weighted by Gasteiger charge is -2.17. The Balaban J connectivity index is 0.000000170. The summed E-state index contributed by atoms with van der Waals surface area (Å²) in [6.45, 7) is 9.25. The molecule has 0 atom stereocenters. The van der Waals surface area contributed by atoms with Crippen LogP contribution in [0.15, 0.2) is 165 Å². The smallest absolute Gasteiger partial charge is 0.293 e. The number of halogens is 9. The van der Waals surface area contributed by atoms with Gasteiger partial charge in [-0.05, 0) is 91.0 Å². The third kappa shape index (κ3) is 20.4. The number of allylic oxidation sites excluding steroid dienone is 1. The normalized spacial score (nSPS) is 10.8. The van der Waals surface area contributed by atoms with E-state index in [-0.39, 0.29) is 30.6 Å². The van der Waals surface area contributed by atoms with E-state index in [1.807, 2.05) is 68.4 Å². The molecular formula is C93H82Cl9N13O15. The fraction of sp³-hybridized carbons (Fsp3) is 0.172. The fourth-order valence-corrected chi connectivity index (χ4v) is 16.8. The first-order chi connectivity index (χ1) is 62.4. The van der Waals surface area contributed by atoms with Gasteiger partial charge in [-0.2, -0.15) is 0 Å². The highest BCUT2D eigenvalue weighted by Gasteiger charge is 2.29. The van der Waals surface area contributed by atoms with E-state index in [4.69, 9.17) is 167 Å². The number of hydrogen-bond acceptors (Lipinski definition) is 27. The molecule has 5 N–H and O–H groups in total. The van der Waals surface area contributed by atoms with Gasteiger partial charge in [0.15, 0.2) is 5.78 Å². The van der Waals surface area contributed by atoms with E-state index in [0.717, 1.165) is 44.2 Å². The number of benzene rings is 11. The van der Waals surface area contributed by atoms with E-state index < -0.39 is 4.92 Å². The molecule has 15 aromatic rings. The van der Waals surface area contributed by atoms with E-state index in [9.17, 15) is 14.9 Å². The molecule has 0 fully saturated rings. The number of fused-ring (bicyclic) bond motifs is 4. The average molecular weight is 1940 g/mol. The third-order valence-corrected chi connectivity index (χ3v) is 23.5. The molecular weight excluding hydrogens is 1860 g/mol. The molecule has 0 aliphatic carbocycles. The van der Waals surface area contributed by atoms with Crippen LogP contribution in [0.25, 0.3) is 88.1 Å². The summed E-state index contributed by atoms with van der Waals surface area (Å²) in [6.07, 6.45) is 8.16. The van der Waals surface area contributed by atoms with Gasteiger partial charge in [-0.3, -0.25) is 14.9 Å². The van der Waals surface area contributed by atoms with Crippen molar-refractivity contribution < 1.29 is 68.0 Å². The fourth-order valence-electron chi connectivity index (χ4n) is 13.8. The van der Waals surface area contributed by atoms with Crippen molar-refractivity contribution in [2.45, 2.75) is 27.2 Å². The molecule has 37 heteroatoms. The van der Waals surface area contributed by atoms with Crippen LogP contribution in [0.4, 0.5) is 46.3 Å². The van der Waals surface area contributed by atoms with Crippen molar-refractivity contribution in [2.24, 2.45) is 0 Å². The first kappa shape index (κ1) is 96.1. The number of nitro benzene ring substituents is 1. The Labute approximate surface area is 792 Å². The minimum absolute atomic E-state index is 0. The van der Waals surface area contributed by atoms with Gasteiger partial charge >= 0.3 is 0 Å². The number of carbonyl (C=O) groups is 1. The minimum atomic E-state index is -0.457. The van der Waals surface area contributed by atoms with Gasteiger partial charge in [-0.25, -0.2) is 39.9 Å². The van der Waals surface area contributed by atoms with Crippen LogP contribution in [0.1, 0.15) is 23.7 Å². The molecule has 0 saturated heterocycles. The number of aryl methyl sites for hydroxylation is 3. The summed E-state index contributed by atoms with van der Waals surface area (Å²) in [5.74, 6) is 6.28. The van der Waals surface area contributed by atoms with Crippen LogP contribution in [0.2, 0.25) is 45.5 Å². The number of carbonyl (C=O) groups excluding carboxylic acids is 1. The third-order valence-electron chi connectivity index (χ3n) is 20.4. The van der Waals surface area contributed by atoms with Crippen molar-refractivity contribution in [1.82, 2.24) is 39.9 Å². The van der Waals surface area contributed by atoms with E-state index in [1.165, 1.54) is 76.1 Å². The zero-order valence-electron chi connectivity index (χ0n) is 72.1. The summed E-state index contributed by atoms with van der Waals surface area (Å²) in [7, 11) is 18.3. The van der Waals surface area contributed by atoms with Crippen LogP contribution in [0.3, 0.4) is 0 Å². The molecule has 15 rings (SSSR count). The highest BCUT2D eigenvalue weighted by molar-refractivity contribution is 6.44. The second-order valence-corrected chi connectivity index (χ2v) is 31.3. The van der Waals surface area contributed by atoms with Crippen LogP contribution in [-0.2, 0) is 11.2 Å². The second-order valence-electron chi connectivity index (χ2n) is 27.9. The Hall–Kier alpha value is -13.0. The number of nitrogens with one attached hydrogen (secondary N) is 3. The molecule has 0 spiro atoms. The molecule has 0 aliphatic rings. The predicted molar refractivity (Wildman–Crippen MR) is 519 cm³/mol. The largest absolute Gasteiger partial charge is 0.496 e. The Morgan fingerprint density at radius 2 is 0.646 bits per heavy atom. The molecule has 0 saturated carbocycles. The molecule has 0 radical (unpaired) electrons. The Morgan fingerprint density at radius 3 is 0.946 bits per heavy atom. The number of para-hydroxylation sites is 3. The lowest BCUT2D eigenvalue weighted by atomic mass is 10.0. The van der Waals surface area contributed by atoms with Crippen molar-refractivity contribution in [3.05, 3.63) is 243 Å². The van der Waals surface area contributed by atoms with Gasteiger partial charge in [0.05, 0.1) is 164 Å². The lowest BCUT2D eigenvalue weighted by Crippen LogP contribution is -2.06. The predicted octanol–water partition coefficient (Wildman–Crippen LogP) is 25.4. The number of nitrogens with zero attached hydrogens (tertiary/aromatic N) is 9. The number of methoxy groups -OCH3 is 12. The number of ketones is 1. The maximum atomic E-state index is 12.0. The quantitative estimate of drug-likeness (QED) is 0.0129. The summed E-state index contributed by atoms with van der Waals surface area (Å²) < 4.78 is 65.5. The molecule has 4 heterocycles. The van der Waals surface area contributed by atoms with E-state index >= 15 is 0 Å². The molecule has 11 aromatic carbocycles. The lowest BCUT2D eigenvalue weighted by molar-refractivity contribution is -0.384. The first-order valence-corrected chi connectivity index (χ1v) is 42.0. The van der Waals surface area contributed by atoms with Crippen LogP contribution in [-0.4, -0.2) is 136 Å². The van der Waals surface area contributed by atoms with Gasteiger partial charge in [0, 0.05) is 159 Å². The van der Waals surface area contributed by atoms with Gasteiger partial charge < -0.3 is 78.5 Å². The topological polar surface area (TPSA) is 336 Å². The number of nitro groups is 1. The van der Waals surface area contributed by atoms with E-state index in [2.05, 4.69) is 62.4 Å². The zero-order valence-corrected chi connectivity index (χ0v) is 78.9. The van der Waals surface area contributed by atoms with Crippen molar-refractivity contribution in [1.29, 1.82) is 0 Å². The van der Waals surface area contributed by atoms with Crippen molar-refractivity contribution in [3.8, 4) is 114 Å². The molecule has 672 valence electrons. The average Bonchev–Trinajstić information content (AvgIpc) is 0.773. The van der Waals surface area contributed by atoms with Crippen LogP contribution < -0.4 is 78.5 Å². The Kier molecular flexibility index (Phi) is 31.4. The van der Waals surface area contributed by atoms with Gasteiger partial charge in [0.1, 0.15) is 74.7 Å². The Bertz CT molecular complexity index is 6800. The maximum absolute atomic E-state index is 12.0. The van der Waals surface area contributed by atoms with Crippen molar-refractivity contribution in [3.63, 3.8) is 0 Å². The summed E-state index contributed by atoms with van der Waals surface area (Å²) in [4.78, 5) is 58.3. The number of rotatable bonds is 26. The summed E-state index contributed by atoms with van der Waals surface area (Å²) in [5.41, 5.74) is 19.1. The van der Waals surface area contributed by atoms with Gasteiger partial charge in [-0.15, -0.1) is 0 Å².